The van der Waals surface area contributed by atoms with Crippen LogP contribution in [0.2, 0.25) is 0 Å². The van der Waals surface area contributed by atoms with Crippen LogP contribution < -0.4 is 0 Å². The number of fused-ring (bicyclic) bond motifs is 1. The van der Waals surface area contributed by atoms with Crippen LogP contribution in [0.25, 0.3) is 15.8 Å². The Labute approximate surface area is 151 Å². The Hall–Kier alpha value is -2.82. The minimum Gasteiger partial charge on any atom is -0.510 e. The molecule has 0 fully saturated rings. The number of aromatic nitrogens is 1. The first-order valence-electron chi connectivity index (χ1n) is 7.23. The summed E-state index contributed by atoms with van der Waals surface area (Å²) in [7, 11) is 0. The number of hydrogen-bond acceptors (Lipinski definition) is 6. The van der Waals surface area contributed by atoms with E-state index in [2.05, 4.69) is 4.98 Å². The Kier molecular flexibility index (Phi) is 5.03. The lowest BCUT2D eigenvalue weighted by atomic mass is 10.2. The molecule has 2 N–H and O–H groups in total. The van der Waals surface area contributed by atoms with E-state index >= 15 is 0 Å². The molecule has 0 spiro atoms. The first kappa shape index (κ1) is 17.0. The molecule has 0 radical (unpaired) electrons. The summed E-state index contributed by atoms with van der Waals surface area (Å²) in [5.41, 5.74) is 1.05. The number of benzene rings is 2. The van der Waals surface area contributed by atoms with Gasteiger partial charge in [0, 0.05) is 4.90 Å². The summed E-state index contributed by atoms with van der Waals surface area (Å²) < 4.78 is 0.932. The molecular formula is C18H12N2O3S2. The number of rotatable bonds is 5. The highest BCUT2D eigenvalue weighted by molar-refractivity contribution is 7.99. The van der Waals surface area contributed by atoms with Gasteiger partial charge >= 0.3 is 5.97 Å². The van der Waals surface area contributed by atoms with Gasteiger partial charge in [-0.05, 0) is 24.3 Å². The highest BCUT2D eigenvalue weighted by Crippen LogP contribution is 2.30. The van der Waals surface area contributed by atoms with E-state index in [1.54, 1.807) is 18.2 Å². The van der Waals surface area contributed by atoms with Gasteiger partial charge in [-0.2, -0.15) is 5.26 Å². The number of carboxylic acid groups (broad SMARTS) is 1. The van der Waals surface area contributed by atoms with Crippen molar-refractivity contribution in [2.45, 2.75) is 4.90 Å². The normalized spacial score (nSPS) is 11.8. The number of aliphatic hydroxyl groups excluding tert-OH is 1. The van der Waals surface area contributed by atoms with Crippen LogP contribution in [0.4, 0.5) is 0 Å². The summed E-state index contributed by atoms with van der Waals surface area (Å²) in [6.45, 7) is 0. The second-order valence-electron chi connectivity index (χ2n) is 5.01. The predicted octanol–water partition coefficient (Wildman–Crippen LogP) is 4.58. The van der Waals surface area contributed by atoms with E-state index in [1.807, 2.05) is 30.3 Å². The number of aliphatic hydroxyl groups is 1. The van der Waals surface area contributed by atoms with Gasteiger partial charge in [-0.25, -0.2) is 9.78 Å². The summed E-state index contributed by atoms with van der Waals surface area (Å²) in [4.78, 5) is 16.1. The second-order valence-corrected chi connectivity index (χ2v) is 7.06. The van der Waals surface area contributed by atoms with Crippen LogP contribution in [0.5, 0.6) is 0 Å². The van der Waals surface area contributed by atoms with E-state index in [0.717, 1.165) is 10.2 Å². The lowest BCUT2D eigenvalue weighted by Crippen LogP contribution is -1.99. The maximum atomic E-state index is 11.2. The van der Waals surface area contributed by atoms with Crippen LogP contribution in [0, 0.1) is 11.3 Å². The molecule has 0 saturated carbocycles. The molecule has 124 valence electrons. The Morgan fingerprint density at radius 3 is 2.60 bits per heavy atom. The van der Waals surface area contributed by atoms with Gasteiger partial charge in [0.05, 0.1) is 21.5 Å². The Balaban J connectivity index is 1.88. The highest BCUT2D eigenvalue weighted by Gasteiger charge is 2.15. The molecule has 1 aromatic heterocycles. The molecule has 0 unspecified atom stereocenters. The van der Waals surface area contributed by atoms with Crippen LogP contribution in [0.1, 0.15) is 15.4 Å². The summed E-state index contributed by atoms with van der Waals surface area (Å²) in [6.07, 6.45) is 0. The fraction of sp³-hybridized carbons (Fsp3) is 0.0556. The lowest BCUT2D eigenvalue weighted by molar-refractivity contribution is 0.0693. The van der Waals surface area contributed by atoms with Crippen molar-refractivity contribution in [2.24, 2.45) is 0 Å². The fourth-order valence-corrected chi connectivity index (χ4v) is 4.11. The third kappa shape index (κ3) is 3.65. The number of para-hydroxylation sites is 1. The molecule has 3 aromatic rings. The Morgan fingerprint density at radius 1 is 1.16 bits per heavy atom. The largest absolute Gasteiger partial charge is 0.510 e. The van der Waals surface area contributed by atoms with Gasteiger partial charge in [0.1, 0.15) is 22.4 Å². The third-order valence-electron chi connectivity index (χ3n) is 3.39. The Bertz CT molecular complexity index is 985. The molecule has 0 aliphatic rings. The molecule has 0 bridgehead atoms. The number of aromatic carboxylic acids is 1. The zero-order chi connectivity index (χ0) is 17.8. The van der Waals surface area contributed by atoms with E-state index in [9.17, 15) is 20.3 Å². The molecule has 0 amide bonds. The molecule has 25 heavy (non-hydrogen) atoms. The molecule has 1 heterocycles. The average molecular weight is 368 g/mol. The maximum Gasteiger partial charge on any atom is 0.336 e. The van der Waals surface area contributed by atoms with E-state index < -0.39 is 5.97 Å². The summed E-state index contributed by atoms with van der Waals surface area (Å²) in [6, 6.07) is 16.0. The van der Waals surface area contributed by atoms with Crippen molar-refractivity contribution in [2.75, 3.05) is 5.75 Å². The van der Waals surface area contributed by atoms with E-state index in [1.165, 1.54) is 29.2 Å². The zero-order valence-electron chi connectivity index (χ0n) is 12.8. The van der Waals surface area contributed by atoms with Crippen molar-refractivity contribution in [3.05, 3.63) is 64.9 Å². The summed E-state index contributed by atoms with van der Waals surface area (Å²) >= 11 is 2.50. The van der Waals surface area contributed by atoms with Crippen LogP contribution in [0.3, 0.4) is 0 Å². The van der Waals surface area contributed by atoms with Gasteiger partial charge in [-0.3, -0.25) is 0 Å². The van der Waals surface area contributed by atoms with E-state index in [0.29, 0.717) is 9.90 Å². The zero-order valence-corrected chi connectivity index (χ0v) is 14.5. The topological polar surface area (TPSA) is 94.2 Å². The van der Waals surface area contributed by atoms with Crippen LogP contribution >= 0.6 is 23.1 Å². The van der Waals surface area contributed by atoms with E-state index in [-0.39, 0.29) is 22.6 Å². The first-order chi connectivity index (χ1) is 12.1. The maximum absolute atomic E-state index is 11.2. The number of carbonyl (C=O) groups is 1. The third-order valence-corrected chi connectivity index (χ3v) is 5.53. The first-order valence-corrected chi connectivity index (χ1v) is 9.03. The number of hydrogen-bond donors (Lipinski definition) is 2. The quantitative estimate of drug-likeness (QED) is 0.389. The molecule has 0 saturated heterocycles. The molecule has 3 rings (SSSR count). The van der Waals surface area contributed by atoms with Gasteiger partial charge in [-0.1, -0.05) is 24.3 Å². The molecule has 7 heteroatoms. The number of carboxylic acids is 1. The highest BCUT2D eigenvalue weighted by atomic mass is 32.2. The fourth-order valence-electron chi connectivity index (χ4n) is 2.20. The van der Waals surface area contributed by atoms with Gasteiger partial charge in [0.25, 0.3) is 0 Å². The molecule has 2 aromatic carbocycles. The van der Waals surface area contributed by atoms with E-state index in [4.69, 9.17) is 0 Å². The van der Waals surface area contributed by atoms with Crippen molar-refractivity contribution in [1.82, 2.24) is 4.98 Å². The Morgan fingerprint density at radius 2 is 1.88 bits per heavy atom. The summed E-state index contributed by atoms with van der Waals surface area (Å²) in [5, 5.41) is 29.4. The van der Waals surface area contributed by atoms with Crippen molar-refractivity contribution >= 4 is 44.9 Å². The number of thiazole rings is 1. The number of allylic oxidation sites excluding steroid dienone is 1. The second kappa shape index (κ2) is 7.38. The lowest BCUT2D eigenvalue weighted by Gasteiger charge is -2.06. The molecule has 0 aliphatic carbocycles. The monoisotopic (exact) mass is 368 g/mol. The van der Waals surface area contributed by atoms with Gasteiger partial charge in [-0.15, -0.1) is 23.1 Å². The molecular weight excluding hydrogens is 356 g/mol. The van der Waals surface area contributed by atoms with Crippen LogP contribution in [0.15, 0.2) is 59.2 Å². The van der Waals surface area contributed by atoms with Crippen molar-refractivity contribution < 1.29 is 15.0 Å². The standard InChI is InChI=1S/C18H12N2O3S2/c19-9-12(17-20-13-6-2-4-8-16(13)25-17)14(21)10-24-15-7-3-1-5-11(15)18(22)23/h1-8,21H,10H2,(H,22,23)/b14-12+. The molecule has 0 aliphatic heterocycles. The van der Waals surface area contributed by atoms with Gasteiger partial charge < -0.3 is 10.2 Å². The van der Waals surface area contributed by atoms with Gasteiger partial charge in [0.2, 0.25) is 0 Å². The number of thioether (sulfide) groups is 1. The number of nitriles is 1. The minimum absolute atomic E-state index is 0.0864. The summed E-state index contributed by atoms with van der Waals surface area (Å²) in [5.74, 6) is -1.06. The van der Waals surface area contributed by atoms with Crippen molar-refractivity contribution in [3.8, 4) is 6.07 Å². The predicted molar refractivity (Wildman–Crippen MR) is 98.9 cm³/mol. The molecule has 0 atom stereocenters. The number of nitrogens with zero attached hydrogens (tertiary/aromatic N) is 2. The minimum atomic E-state index is -1.03. The molecule has 5 nitrogen and oxygen atoms in total. The average Bonchev–Trinajstić information content (AvgIpc) is 3.04. The SMILES string of the molecule is N#C/C(=C(\O)CSc1ccccc1C(=O)O)c1nc2ccccc2s1. The van der Waals surface area contributed by atoms with Crippen molar-refractivity contribution in [1.29, 1.82) is 5.26 Å². The van der Waals surface area contributed by atoms with Crippen LogP contribution in [-0.2, 0) is 0 Å². The van der Waals surface area contributed by atoms with Crippen LogP contribution in [-0.4, -0.2) is 26.9 Å². The van der Waals surface area contributed by atoms with Crippen molar-refractivity contribution in [3.63, 3.8) is 0 Å². The van der Waals surface area contributed by atoms with Gasteiger partial charge in [0.15, 0.2) is 0 Å². The smallest absolute Gasteiger partial charge is 0.336 e.